The standard InChI is InChI=1S/C23H33FN4O2/c1-5-25-21(27-15-20-26-14-19(30-20)22(2,3)4)28-16-23(10-12-29-13-11-23)17-6-8-18(24)9-7-17/h6-9,14H,5,10-13,15-16H2,1-4H3,(H2,25,27,28). The van der Waals surface area contributed by atoms with Crippen LogP contribution in [0, 0.1) is 5.82 Å². The minimum Gasteiger partial charge on any atom is -0.443 e. The van der Waals surface area contributed by atoms with Crippen molar-refractivity contribution in [2.24, 2.45) is 4.99 Å². The summed E-state index contributed by atoms with van der Waals surface area (Å²) in [7, 11) is 0. The van der Waals surface area contributed by atoms with E-state index in [1.807, 2.05) is 19.1 Å². The van der Waals surface area contributed by atoms with Crippen LogP contribution in [-0.4, -0.2) is 37.2 Å². The van der Waals surface area contributed by atoms with Gasteiger partial charge in [0.05, 0.1) is 6.20 Å². The van der Waals surface area contributed by atoms with Crippen molar-refractivity contribution >= 4 is 5.96 Å². The van der Waals surface area contributed by atoms with E-state index in [1.54, 1.807) is 6.20 Å². The molecular formula is C23H33FN4O2. The van der Waals surface area contributed by atoms with Crippen LogP contribution < -0.4 is 10.6 Å². The van der Waals surface area contributed by atoms with Gasteiger partial charge in [0.1, 0.15) is 18.1 Å². The van der Waals surface area contributed by atoms with Crippen LogP contribution in [0.15, 0.2) is 39.9 Å². The van der Waals surface area contributed by atoms with Gasteiger partial charge in [-0.05, 0) is 37.5 Å². The summed E-state index contributed by atoms with van der Waals surface area (Å²) in [6, 6.07) is 6.82. The first-order valence-electron chi connectivity index (χ1n) is 10.6. The maximum Gasteiger partial charge on any atom is 0.216 e. The molecule has 7 heteroatoms. The van der Waals surface area contributed by atoms with Gasteiger partial charge in [-0.1, -0.05) is 32.9 Å². The Bertz CT molecular complexity index is 834. The number of ether oxygens (including phenoxy) is 1. The van der Waals surface area contributed by atoms with Crippen LogP contribution in [0.2, 0.25) is 0 Å². The lowest BCUT2D eigenvalue weighted by Gasteiger charge is -2.38. The lowest BCUT2D eigenvalue weighted by atomic mass is 9.74. The first-order chi connectivity index (χ1) is 14.3. The predicted molar refractivity (Wildman–Crippen MR) is 116 cm³/mol. The van der Waals surface area contributed by atoms with Gasteiger partial charge in [0, 0.05) is 37.1 Å². The molecule has 0 bridgehead atoms. The van der Waals surface area contributed by atoms with Gasteiger partial charge >= 0.3 is 0 Å². The van der Waals surface area contributed by atoms with Gasteiger partial charge in [-0.2, -0.15) is 0 Å². The van der Waals surface area contributed by atoms with Crippen molar-refractivity contribution in [3.8, 4) is 0 Å². The molecule has 0 spiro atoms. The van der Waals surface area contributed by atoms with Gasteiger partial charge in [-0.25, -0.2) is 14.4 Å². The van der Waals surface area contributed by atoms with Crippen LogP contribution in [-0.2, 0) is 22.1 Å². The van der Waals surface area contributed by atoms with E-state index in [1.165, 1.54) is 12.1 Å². The van der Waals surface area contributed by atoms with E-state index in [0.717, 1.165) is 30.7 Å². The SMILES string of the molecule is CCNC(=NCc1ncc(C(C)(C)C)o1)NCC1(c2ccc(F)cc2)CCOCC1. The quantitative estimate of drug-likeness (QED) is 0.552. The molecule has 1 fully saturated rings. The van der Waals surface area contributed by atoms with E-state index in [-0.39, 0.29) is 16.6 Å². The molecule has 0 radical (unpaired) electrons. The molecule has 30 heavy (non-hydrogen) atoms. The first kappa shape index (κ1) is 22.3. The molecule has 0 unspecified atom stereocenters. The van der Waals surface area contributed by atoms with Crippen molar-refractivity contribution < 1.29 is 13.5 Å². The monoisotopic (exact) mass is 416 g/mol. The highest BCUT2D eigenvalue weighted by molar-refractivity contribution is 5.79. The molecule has 2 heterocycles. The minimum absolute atomic E-state index is 0.0810. The Balaban J connectivity index is 1.72. The maximum absolute atomic E-state index is 13.4. The second kappa shape index (κ2) is 9.60. The summed E-state index contributed by atoms with van der Waals surface area (Å²) in [5.41, 5.74) is 0.922. The van der Waals surface area contributed by atoms with Crippen molar-refractivity contribution in [3.05, 3.63) is 53.5 Å². The number of hydrogen-bond acceptors (Lipinski definition) is 4. The molecule has 1 aliphatic heterocycles. The smallest absolute Gasteiger partial charge is 0.216 e. The molecule has 0 aliphatic carbocycles. The lowest BCUT2D eigenvalue weighted by Crippen LogP contribution is -2.48. The van der Waals surface area contributed by atoms with E-state index in [9.17, 15) is 4.39 Å². The van der Waals surface area contributed by atoms with Crippen molar-refractivity contribution in [1.82, 2.24) is 15.6 Å². The highest BCUT2D eigenvalue weighted by Gasteiger charge is 2.34. The molecule has 0 amide bonds. The molecule has 2 aromatic rings. The molecule has 0 saturated carbocycles. The molecular weight excluding hydrogens is 383 g/mol. The van der Waals surface area contributed by atoms with Gasteiger partial charge in [0.25, 0.3) is 0 Å². The summed E-state index contributed by atoms with van der Waals surface area (Å²) >= 11 is 0. The highest BCUT2D eigenvalue weighted by Crippen LogP contribution is 2.34. The average molecular weight is 417 g/mol. The van der Waals surface area contributed by atoms with E-state index >= 15 is 0 Å². The van der Waals surface area contributed by atoms with Crippen molar-refractivity contribution in [1.29, 1.82) is 0 Å². The van der Waals surface area contributed by atoms with Gasteiger partial charge < -0.3 is 19.8 Å². The summed E-state index contributed by atoms with van der Waals surface area (Å²) in [6.45, 7) is 11.5. The second-order valence-corrected chi connectivity index (χ2v) is 8.82. The largest absolute Gasteiger partial charge is 0.443 e. The fourth-order valence-electron chi connectivity index (χ4n) is 3.60. The lowest BCUT2D eigenvalue weighted by molar-refractivity contribution is 0.0513. The number of aromatic nitrogens is 1. The molecule has 1 saturated heterocycles. The van der Waals surface area contributed by atoms with E-state index < -0.39 is 0 Å². The fraction of sp³-hybridized carbons (Fsp3) is 0.565. The maximum atomic E-state index is 13.4. The van der Waals surface area contributed by atoms with E-state index in [2.05, 4.69) is 41.4 Å². The molecule has 164 valence electrons. The number of guanidine groups is 1. The molecule has 1 aliphatic rings. The number of oxazole rings is 1. The van der Waals surface area contributed by atoms with E-state index in [0.29, 0.717) is 38.2 Å². The van der Waals surface area contributed by atoms with Gasteiger partial charge in [0.2, 0.25) is 5.89 Å². The highest BCUT2D eigenvalue weighted by atomic mass is 19.1. The molecule has 1 aromatic heterocycles. The second-order valence-electron chi connectivity index (χ2n) is 8.82. The molecule has 2 N–H and O–H groups in total. The predicted octanol–water partition coefficient (Wildman–Crippen LogP) is 3.91. The Morgan fingerprint density at radius 2 is 1.87 bits per heavy atom. The number of rotatable bonds is 6. The molecule has 1 aromatic carbocycles. The van der Waals surface area contributed by atoms with Crippen LogP contribution in [0.1, 0.15) is 57.8 Å². The summed E-state index contributed by atoms with van der Waals surface area (Å²) in [5.74, 6) is 1.94. The fourth-order valence-corrected chi connectivity index (χ4v) is 3.60. The zero-order chi connectivity index (χ0) is 21.6. The first-order valence-corrected chi connectivity index (χ1v) is 10.6. The third-order valence-electron chi connectivity index (χ3n) is 5.51. The Morgan fingerprint density at radius 3 is 2.47 bits per heavy atom. The summed E-state index contributed by atoms with van der Waals surface area (Å²) in [6.07, 6.45) is 3.52. The number of hydrogen-bond donors (Lipinski definition) is 2. The average Bonchev–Trinajstić information content (AvgIpc) is 3.21. The molecule has 0 atom stereocenters. The van der Waals surface area contributed by atoms with Crippen molar-refractivity contribution in [2.45, 2.75) is 57.9 Å². The van der Waals surface area contributed by atoms with Crippen LogP contribution in [0.25, 0.3) is 0 Å². The van der Waals surface area contributed by atoms with Crippen LogP contribution in [0.3, 0.4) is 0 Å². The topological polar surface area (TPSA) is 71.7 Å². The summed E-state index contributed by atoms with van der Waals surface area (Å²) in [4.78, 5) is 9.00. The third kappa shape index (κ3) is 5.59. The van der Waals surface area contributed by atoms with Crippen molar-refractivity contribution in [3.63, 3.8) is 0 Å². The summed E-state index contributed by atoms with van der Waals surface area (Å²) < 4.78 is 24.9. The van der Waals surface area contributed by atoms with Crippen LogP contribution >= 0.6 is 0 Å². The van der Waals surface area contributed by atoms with Gasteiger partial charge in [0.15, 0.2) is 5.96 Å². The number of aliphatic imine (C=N–C) groups is 1. The Labute approximate surface area is 178 Å². The normalized spacial score (nSPS) is 17.0. The third-order valence-corrected chi connectivity index (χ3v) is 5.51. The summed E-state index contributed by atoms with van der Waals surface area (Å²) in [5, 5.41) is 6.76. The number of halogens is 1. The number of benzene rings is 1. The minimum atomic E-state index is -0.218. The van der Waals surface area contributed by atoms with Crippen LogP contribution in [0.5, 0.6) is 0 Å². The van der Waals surface area contributed by atoms with Crippen LogP contribution in [0.4, 0.5) is 4.39 Å². The molecule has 6 nitrogen and oxygen atoms in total. The van der Waals surface area contributed by atoms with Gasteiger partial charge in [-0.15, -0.1) is 0 Å². The van der Waals surface area contributed by atoms with Crippen molar-refractivity contribution in [2.75, 3.05) is 26.3 Å². The zero-order valence-electron chi connectivity index (χ0n) is 18.4. The Hall–Kier alpha value is -2.41. The number of nitrogens with one attached hydrogen (secondary N) is 2. The Kier molecular flexibility index (Phi) is 7.13. The van der Waals surface area contributed by atoms with Gasteiger partial charge in [-0.3, -0.25) is 0 Å². The number of nitrogens with zero attached hydrogens (tertiary/aromatic N) is 2. The Morgan fingerprint density at radius 1 is 1.17 bits per heavy atom. The molecule has 3 rings (SSSR count). The van der Waals surface area contributed by atoms with E-state index in [4.69, 9.17) is 9.15 Å². The zero-order valence-corrected chi connectivity index (χ0v) is 18.4.